The van der Waals surface area contributed by atoms with Crippen LogP contribution in [0.25, 0.3) is 0 Å². The topological polar surface area (TPSA) is 66.8 Å². The maximum atomic E-state index is 13.3. The Morgan fingerprint density at radius 1 is 0.971 bits per heavy atom. The van der Waals surface area contributed by atoms with Gasteiger partial charge in [-0.05, 0) is 73.2 Å². The van der Waals surface area contributed by atoms with Crippen LogP contribution in [-0.2, 0) is 22.4 Å². The molecule has 1 saturated heterocycles. The second kappa shape index (κ2) is 11.3. The van der Waals surface area contributed by atoms with Crippen LogP contribution < -0.4 is 4.74 Å². The molecule has 0 aliphatic carbocycles. The van der Waals surface area contributed by atoms with Crippen LogP contribution >= 0.6 is 0 Å². The van der Waals surface area contributed by atoms with Gasteiger partial charge in [-0.25, -0.2) is 4.39 Å². The Kier molecular flexibility index (Phi) is 7.93. The van der Waals surface area contributed by atoms with E-state index in [-0.39, 0.29) is 36.3 Å². The molecular weight excluding hydrogens is 445 g/mol. The highest BCUT2D eigenvalue weighted by Crippen LogP contribution is 2.29. The molecule has 182 valence electrons. The number of aliphatic hydroxyl groups is 1. The number of carbonyl (C=O) groups excluding carboxylic acids is 2. The van der Waals surface area contributed by atoms with Crippen molar-refractivity contribution < 1.29 is 23.8 Å². The monoisotopic (exact) mass is 475 g/mol. The van der Waals surface area contributed by atoms with Crippen LogP contribution in [0.2, 0.25) is 0 Å². The average molecular weight is 476 g/mol. The Balaban J connectivity index is 1.42. The van der Waals surface area contributed by atoms with Crippen LogP contribution in [0.1, 0.15) is 30.9 Å². The molecule has 0 saturated carbocycles. The maximum Gasteiger partial charge on any atom is 0.225 e. The summed E-state index contributed by atoms with van der Waals surface area (Å²) in [6.45, 7) is 2.10. The van der Waals surface area contributed by atoms with Crippen LogP contribution in [0.4, 0.5) is 4.39 Å². The fourth-order valence-corrected chi connectivity index (χ4v) is 4.60. The van der Waals surface area contributed by atoms with Crippen molar-refractivity contribution in [2.24, 2.45) is 5.92 Å². The van der Waals surface area contributed by atoms with Crippen molar-refractivity contribution >= 4 is 11.7 Å². The summed E-state index contributed by atoms with van der Waals surface area (Å²) >= 11 is 0. The summed E-state index contributed by atoms with van der Waals surface area (Å²) in [6.07, 6.45) is 0.888. The lowest BCUT2D eigenvalue weighted by Crippen LogP contribution is -2.42. The summed E-state index contributed by atoms with van der Waals surface area (Å²) in [6, 6.07) is 22.6. The van der Waals surface area contributed by atoms with Crippen molar-refractivity contribution in [3.63, 3.8) is 0 Å². The zero-order valence-electron chi connectivity index (χ0n) is 19.8. The lowest BCUT2D eigenvalue weighted by atomic mass is 9.94. The van der Waals surface area contributed by atoms with Crippen LogP contribution in [0.5, 0.6) is 11.5 Å². The molecule has 1 amide bonds. The number of hydrogen-bond acceptors (Lipinski definition) is 4. The van der Waals surface area contributed by atoms with Gasteiger partial charge in [-0.15, -0.1) is 0 Å². The highest BCUT2D eigenvalue weighted by molar-refractivity contribution is 5.91. The number of hydrogen-bond donors (Lipinski definition) is 1. The minimum atomic E-state index is -0.750. The third-order valence-electron chi connectivity index (χ3n) is 6.27. The molecule has 1 N–H and O–H groups in total. The SMILES string of the molecule is CC(O)CC(=O)N1C[C@H](Cc2ccccc2)C[C@H]1C(=O)Cc1ccc(Oc2ccc(F)cc2)cc1. The number of Topliss-reactive ketones (excluding diaryl/α,β-unsaturated/α-hetero) is 1. The molecule has 0 aromatic heterocycles. The minimum absolute atomic E-state index is 0.00768. The van der Waals surface area contributed by atoms with E-state index in [0.717, 1.165) is 12.0 Å². The first-order valence-electron chi connectivity index (χ1n) is 11.9. The van der Waals surface area contributed by atoms with Gasteiger partial charge < -0.3 is 14.7 Å². The van der Waals surface area contributed by atoms with Gasteiger partial charge in [0.1, 0.15) is 17.3 Å². The molecule has 1 unspecified atom stereocenters. The van der Waals surface area contributed by atoms with Crippen LogP contribution in [0, 0.1) is 11.7 Å². The highest BCUT2D eigenvalue weighted by Gasteiger charge is 2.39. The Hall–Kier alpha value is -3.51. The van der Waals surface area contributed by atoms with Crippen molar-refractivity contribution in [2.75, 3.05) is 6.54 Å². The number of ketones is 1. The molecule has 1 aliphatic heterocycles. The van der Waals surface area contributed by atoms with Gasteiger partial charge in [-0.2, -0.15) is 0 Å². The molecule has 3 atom stereocenters. The van der Waals surface area contributed by atoms with E-state index in [0.29, 0.717) is 24.5 Å². The number of nitrogens with zero attached hydrogens (tertiary/aromatic N) is 1. The predicted octanol–water partition coefficient (Wildman–Crippen LogP) is 4.96. The molecule has 6 heteroatoms. The van der Waals surface area contributed by atoms with E-state index in [4.69, 9.17) is 4.74 Å². The van der Waals surface area contributed by atoms with Crippen molar-refractivity contribution in [1.82, 2.24) is 4.90 Å². The molecule has 5 nitrogen and oxygen atoms in total. The van der Waals surface area contributed by atoms with E-state index in [2.05, 4.69) is 12.1 Å². The summed E-state index contributed by atoms with van der Waals surface area (Å²) in [5, 5.41) is 9.73. The molecule has 0 bridgehead atoms. The highest BCUT2D eigenvalue weighted by atomic mass is 19.1. The Morgan fingerprint density at radius 3 is 2.23 bits per heavy atom. The predicted molar refractivity (Wildman–Crippen MR) is 132 cm³/mol. The zero-order chi connectivity index (χ0) is 24.8. The molecule has 35 heavy (non-hydrogen) atoms. The quantitative estimate of drug-likeness (QED) is 0.475. The summed E-state index contributed by atoms with van der Waals surface area (Å²) < 4.78 is 18.8. The van der Waals surface area contributed by atoms with Gasteiger partial charge >= 0.3 is 0 Å². The Labute approximate surface area is 205 Å². The molecule has 0 spiro atoms. The standard InChI is InChI=1S/C29H30FNO4/c1-20(32)15-29(34)31-19-23(16-21-5-3-2-4-6-21)17-27(31)28(33)18-22-7-11-25(12-8-22)35-26-13-9-24(30)10-14-26/h2-14,20,23,27,32H,15-19H2,1H3/t20?,23-,27+/m1/s1. The summed E-state index contributed by atoms with van der Waals surface area (Å²) in [5.74, 6) is 0.785. The van der Waals surface area contributed by atoms with E-state index < -0.39 is 12.1 Å². The van der Waals surface area contributed by atoms with Crippen molar-refractivity contribution in [1.29, 1.82) is 0 Å². The minimum Gasteiger partial charge on any atom is -0.457 e. The molecule has 3 aromatic rings. The van der Waals surface area contributed by atoms with Crippen LogP contribution in [0.3, 0.4) is 0 Å². The molecule has 1 fully saturated rings. The van der Waals surface area contributed by atoms with Crippen LogP contribution in [0.15, 0.2) is 78.9 Å². The molecule has 1 aliphatic rings. The molecular formula is C29H30FNO4. The maximum absolute atomic E-state index is 13.3. The van der Waals surface area contributed by atoms with Gasteiger partial charge in [-0.3, -0.25) is 9.59 Å². The van der Waals surface area contributed by atoms with Gasteiger partial charge in [0.2, 0.25) is 5.91 Å². The first-order valence-corrected chi connectivity index (χ1v) is 11.9. The number of rotatable bonds is 9. The average Bonchev–Trinajstić information content (AvgIpc) is 3.26. The third-order valence-corrected chi connectivity index (χ3v) is 6.27. The van der Waals surface area contributed by atoms with E-state index in [1.54, 1.807) is 36.1 Å². The summed E-state index contributed by atoms with van der Waals surface area (Å²) in [4.78, 5) is 27.8. The first kappa shape index (κ1) is 24.6. The Morgan fingerprint density at radius 2 is 1.60 bits per heavy atom. The number of carbonyl (C=O) groups is 2. The lowest BCUT2D eigenvalue weighted by molar-refractivity contribution is -0.138. The number of aliphatic hydroxyl groups excluding tert-OH is 1. The zero-order valence-corrected chi connectivity index (χ0v) is 19.8. The summed E-state index contributed by atoms with van der Waals surface area (Å²) in [5.41, 5.74) is 2.01. The van der Waals surface area contributed by atoms with Gasteiger partial charge in [0.15, 0.2) is 5.78 Å². The van der Waals surface area contributed by atoms with E-state index in [1.165, 1.54) is 17.7 Å². The second-order valence-corrected chi connectivity index (χ2v) is 9.25. The van der Waals surface area contributed by atoms with Gasteiger partial charge in [0.25, 0.3) is 0 Å². The number of likely N-dealkylation sites (tertiary alicyclic amines) is 1. The number of halogens is 1. The number of ether oxygens (including phenoxy) is 1. The smallest absolute Gasteiger partial charge is 0.225 e. The fraction of sp³-hybridized carbons (Fsp3) is 0.310. The first-order chi connectivity index (χ1) is 16.9. The van der Waals surface area contributed by atoms with Crippen molar-refractivity contribution in [3.8, 4) is 11.5 Å². The summed E-state index contributed by atoms with van der Waals surface area (Å²) in [7, 11) is 0. The van der Waals surface area contributed by atoms with E-state index in [9.17, 15) is 19.1 Å². The third kappa shape index (κ3) is 6.76. The van der Waals surface area contributed by atoms with Crippen molar-refractivity contribution in [2.45, 2.75) is 44.8 Å². The molecule has 4 rings (SSSR count). The number of benzene rings is 3. The van der Waals surface area contributed by atoms with Gasteiger partial charge in [-0.1, -0.05) is 42.5 Å². The Bertz CT molecular complexity index is 1130. The molecule has 3 aromatic carbocycles. The van der Waals surface area contributed by atoms with Gasteiger partial charge in [0, 0.05) is 13.0 Å². The lowest BCUT2D eigenvalue weighted by Gasteiger charge is -2.24. The second-order valence-electron chi connectivity index (χ2n) is 9.25. The van der Waals surface area contributed by atoms with E-state index in [1.807, 2.05) is 30.3 Å². The largest absolute Gasteiger partial charge is 0.457 e. The van der Waals surface area contributed by atoms with Gasteiger partial charge in [0.05, 0.1) is 18.6 Å². The van der Waals surface area contributed by atoms with Crippen LogP contribution in [-0.4, -0.2) is 40.4 Å². The normalized spacial score (nSPS) is 18.3. The molecule has 1 heterocycles. The van der Waals surface area contributed by atoms with Crippen molar-refractivity contribution in [3.05, 3.63) is 95.8 Å². The number of amides is 1. The molecule has 0 radical (unpaired) electrons. The fourth-order valence-electron chi connectivity index (χ4n) is 4.60. The van der Waals surface area contributed by atoms with E-state index >= 15 is 0 Å².